The maximum absolute atomic E-state index is 6.17. The van der Waals surface area contributed by atoms with Gasteiger partial charge in [-0.1, -0.05) is 136 Å². The largest absolute Gasteiger partial charge is 0.352 e. The molecule has 0 aromatic carbocycles. The van der Waals surface area contributed by atoms with Gasteiger partial charge < -0.3 is 14.2 Å². The first kappa shape index (κ1) is 37.8. The zero-order valence-electron chi connectivity index (χ0n) is 24.7. The minimum absolute atomic E-state index is 0.277. The summed E-state index contributed by atoms with van der Waals surface area (Å²) in [7, 11) is 0. The van der Waals surface area contributed by atoms with Gasteiger partial charge in [0.25, 0.3) is 0 Å². The highest BCUT2D eigenvalue weighted by molar-refractivity contribution is 14.1. The number of rotatable bonds is 28. The molecule has 37 heavy (non-hydrogen) atoms. The summed E-state index contributed by atoms with van der Waals surface area (Å²) in [5.41, 5.74) is 0. The van der Waals surface area contributed by atoms with Gasteiger partial charge in [0, 0.05) is 7.85 Å². The molecule has 4 atom stereocenters. The van der Waals surface area contributed by atoms with Gasteiger partial charge in [0.05, 0.1) is 12.2 Å². The van der Waals surface area contributed by atoms with Crippen LogP contribution >= 0.6 is 45.2 Å². The van der Waals surface area contributed by atoms with E-state index in [-0.39, 0.29) is 12.2 Å². The van der Waals surface area contributed by atoms with Gasteiger partial charge >= 0.3 is 0 Å². The van der Waals surface area contributed by atoms with Gasteiger partial charge in [0.15, 0.2) is 0 Å². The molecule has 0 fully saturated rings. The number of unbranched alkanes of at least 4 members (excludes halogenated alkanes) is 2. The predicted octanol–water partition coefficient (Wildman–Crippen LogP) is 11.5. The molecule has 4 unspecified atom stereocenters. The van der Waals surface area contributed by atoms with Crippen LogP contribution in [-0.4, -0.2) is 33.6 Å². The summed E-state index contributed by atoms with van der Waals surface area (Å²) in [5, 5.41) is 0. The second kappa shape index (κ2) is 29.8. The Balaban J connectivity index is 4.38. The van der Waals surface area contributed by atoms with E-state index in [9.17, 15) is 0 Å². The van der Waals surface area contributed by atoms with Gasteiger partial charge in [0.1, 0.15) is 13.6 Å². The van der Waals surface area contributed by atoms with Crippen LogP contribution in [0, 0.1) is 0 Å². The Morgan fingerprint density at radius 1 is 0.514 bits per heavy atom. The lowest BCUT2D eigenvalue weighted by Crippen LogP contribution is -2.19. The summed E-state index contributed by atoms with van der Waals surface area (Å²) in [6.07, 6.45) is 31.4. The van der Waals surface area contributed by atoms with Crippen LogP contribution in [0.15, 0.2) is 24.3 Å². The van der Waals surface area contributed by atoms with Crippen molar-refractivity contribution in [2.45, 2.75) is 163 Å². The first-order chi connectivity index (χ1) is 18.1. The fourth-order valence-electron chi connectivity index (χ4n) is 4.47. The lowest BCUT2D eigenvalue weighted by Gasteiger charge is -2.20. The average Bonchev–Trinajstić information content (AvgIpc) is 2.88. The van der Waals surface area contributed by atoms with Gasteiger partial charge in [-0.25, -0.2) is 0 Å². The third kappa shape index (κ3) is 26.8. The van der Waals surface area contributed by atoms with E-state index in [0.29, 0.717) is 13.6 Å². The van der Waals surface area contributed by atoms with Crippen LogP contribution in [0.25, 0.3) is 0 Å². The predicted molar refractivity (Wildman–Crippen MR) is 180 cm³/mol. The number of allylic oxidation sites excluding steroid dienone is 4. The van der Waals surface area contributed by atoms with Crippen LogP contribution in [0.2, 0.25) is 0 Å². The van der Waals surface area contributed by atoms with Crippen LogP contribution in [-0.2, 0) is 14.2 Å². The molecule has 220 valence electrons. The van der Waals surface area contributed by atoms with E-state index in [0.717, 1.165) is 59.2 Å². The molecule has 0 N–H and O–H groups in total. The van der Waals surface area contributed by atoms with Gasteiger partial charge in [-0.3, -0.25) is 0 Å². The van der Waals surface area contributed by atoms with Crippen LogP contribution in [0.3, 0.4) is 0 Å². The number of hydrogen-bond acceptors (Lipinski definition) is 3. The van der Waals surface area contributed by atoms with Gasteiger partial charge in [-0.05, 0) is 77.0 Å². The standard InChI is InChI=1S/C32H60I2O3/c1-5-9-11-13-23-31(25-17-15-21-29(33)19-7-3)36-27-35-28-37-32(24-14-12-10-6-2)26-18-16-22-30(34)20-8-4/h9-12,29-32H,5-8,13-28H2,1-4H3. The summed E-state index contributed by atoms with van der Waals surface area (Å²) in [6, 6.07) is 0. The monoisotopic (exact) mass is 746 g/mol. The van der Waals surface area contributed by atoms with Gasteiger partial charge in [-0.15, -0.1) is 0 Å². The molecule has 0 amide bonds. The molecule has 0 rings (SSSR count). The number of hydrogen-bond donors (Lipinski definition) is 0. The highest BCUT2D eigenvalue weighted by Crippen LogP contribution is 2.20. The van der Waals surface area contributed by atoms with E-state index in [1.54, 1.807) is 0 Å². The fraction of sp³-hybridized carbons (Fsp3) is 0.875. The van der Waals surface area contributed by atoms with Crippen LogP contribution in [0.5, 0.6) is 0 Å². The number of alkyl halides is 2. The summed E-state index contributed by atoms with van der Waals surface area (Å²) in [5.74, 6) is 0. The Kier molecular flexibility index (Phi) is 30.5. The molecule has 5 heteroatoms. The highest BCUT2D eigenvalue weighted by Gasteiger charge is 2.12. The Morgan fingerprint density at radius 3 is 1.30 bits per heavy atom. The van der Waals surface area contributed by atoms with Crippen molar-refractivity contribution >= 4 is 45.2 Å². The summed E-state index contributed by atoms with van der Waals surface area (Å²) < 4.78 is 19.8. The number of halogens is 2. The molecule has 0 aromatic rings. The van der Waals surface area contributed by atoms with Crippen molar-refractivity contribution in [1.29, 1.82) is 0 Å². The zero-order chi connectivity index (χ0) is 27.4. The van der Waals surface area contributed by atoms with Crippen LogP contribution in [0.1, 0.15) is 143 Å². The maximum Gasteiger partial charge on any atom is 0.149 e. The van der Waals surface area contributed by atoms with E-state index in [1.165, 1.54) is 64.2 Å². The highest BCUT2D eigenvalue weighted by atomic mass is 127. The second-order valence-electron chi connectivity index (χ2n) is 10.3. The summed E-state index contributed by atoms with van der Waals surface area (Å²) in [6.45, 7) is 9.61. The summed E-state index contributed by atoms with van der Waals surface area (Å²) in [4.78, 5) is 0. The Morgan fingerprint density at radius 2 is 0.919 bits per heavy atom. The molecule has 0 aromatic heterocycles. The van der Waals surface area contributed by atoms with Crippen LogP contribution < -0.4 is 0 Å². The summed E-state index contributed by atoms with van der Waals surface area (Å²) >= 11 is 5.23. The molecule has 0 heterocycles. The van der Waals surface area contributed by atoms with Gasteiger partial charge in [0.2, 0.25) is 0 Å². The molecule has 0 aliphatic carbocycles. The average molecular weight is 747 g/mol. The molecule has 0 aliphatic heterocycles. The van der Waals surface area contributed by atoms with E-state index >= 15 is 0 Å². The Labute approximate surface area is 259 Å². The Hall–Kier alpha value is 0.820. The normalized spacial score (nSPS) is 15.5. The van der Waals surface area contributed by atoms with E-state index < -0.39 is 0 Å². The van der Waals surface area contributed by atoms with Crippen molar-refractivity contribution < 1.29 is 14.2 Å². The fourth-order valence-corrected chi connectivity index (χ4v) is 6.60. The van der Waals surface area contributed by atoms with E-state index in [4.69, 9.17) is 14.2 Å². The van der Waals surface area contributed by atoms with Crippen molar-refractivity contribution in [1.82, 2.24) is 0 Å². The van der Waals surface area contributed by atoms with Crippen molar-refractivity contribution in [3.63, 3.8) is 0 Å². The molecule has 0 radical (unpaired) electrons. The minimum atomic E-state index is 0.277. The zero-order valence-corrected chi connectivity index (χ0v) is 29.1. The second-order valence-corrected chi connectivity index (χ2v) is 13.8. The van der Waals surface area contributed by atoms with Crippen molar-refractivity contribution in [2.75, 3.05) is 13.6 Å². The van der Waals surface area contributed by atoms with E-state index in [2.05, 4.69) is 97.2 Å². The third-order valence-corrected chi connectivity index (χ3v) is 9.17. The molecule has 3 nitrogen and oxygen atoms in total. The smallest absolute Gasteiger partial charge is 0.149 e. The lowest BCUT2D eigenvalue weighted by molar-refractivity contribution is -0.167. The lowest BCUT2D eigenvalue weighted by atomic mass is 10.0. The minimum Gasteiger partial charge on any atom is -0.352 e. The molecule has 0 aliphatic rings. The molecule has 0 bridgehead atoms. The topological polar surface area (TPSA) is 27.7 Å². The maximum atomic E-state index is 6.17. The third-order valence-electron chi connectivity index (χ3n) is 6.68. The first-order valence-electron chi connectivity index (χ1n) is 15.5. The quantitative estimate of drug-likeness (QED) is 0.0262. The molecular weight excluding hydrogens is 686 g/mol. The first-order valence-corrected chi connectivity index (χ1v) is 17.9. The molecular formula is C32H60I2O3. The molecule has 0 spiro atoms. The molecule has 0 saturated heterocycles. The van der Waals surface area contributed by atoms with Crippen molar-refractivity contribution in [3.05, 3.63) is 24.3 Å². The Bertz CT molecular complexity index is 468. The van der Waals surface area contributed by atoms with Crippen molar-refractivity contribution in [2.24, 2.45) is 0 Å². The van der Waals surface area contributed by atoms with E-state index in [1.807, 2.05) is 0 Å². The van der Waals surface area contributed by atoms with Crippen LogP contribution in [0.4, 0.5) is 0 Å². The van der Waals surface area contributed by atoms with Crippen molar-refractivity contribution in [3.8, 4) is 0 Å². The van der Waals surface area contributed by atoms with Gasteiger partial charge in [-0.2, -0.15) is 0 Å². The SMILES string of the molecule is CCC=CCCC(CCCCC(I)CCC)OCOCOC(CCC=CCC)CCCCC(I)CCC. The number of ether oxygens (including phenoxy) is 3. The molecule has 0 saturated carbocycles.